The van der Waals surface area contributed by atoms with Crippen molar-refractivity contribution in [2.24, 2.45) is 5.73 Å². The number of carbonyl (C=O) groups excluding carboxylic acids is 2. The van der Waals surface area contributed by atoms with Crippen LogP contribution < -0.4 is 11.1 Å². The van der Waals surface area contributed by atoms with Gasteiger partial charge in [-0.15, -0.1) is 0 Å². The predicted molar refractivity (Wildman–Crippen MR) is 107 cm³/mol. The molecule has 1 aliphatic rings. The van der Waals surface area contributed by atoms with Gasteiger partial charge < -0.3 is 20.5 Å². The maximum Gasteiger partial charge on any atom is 0.408 e. The van der Waals surface area contributed by atoms with E-state index in [1.54, 1.807) is 0 Å². The minimum Gasteiger partial charge on any atom is -0.467 e. The van der Waals surface area contributed by atoms with Crippen molar-refractivity contribution >= 4 is 12.1 Å². The molecule has 3 rings (SSSR count). The average Bonchev–Trinajstić information content (AvgIpc) is 3.10. The second-order valence-corrected chi connectivity index (χ2v) is 6.86. The van der Waals surface area contributed by atoms with Crippen LogP contribution in [0.5, 0.6) is 0 Å². The van der Waals surface area contributed by atoms with Crippen molar-refractivity contribution < 1.29 is 19.1 Å². The van der Waals surface area contributed by atoms with E-state index in [1.165, 1.54) is 29.4 Å². The van der Waals surface area contributed by atoms with Crippen molar-refractivity contribution in [2.45, 2.75) is 38.3 Å². The molecule has 6 heteroatoms. The summed E-state index contributed by atoms with van der Waals surface area (Å²) in [6.45, 7) is 0.694. The highest BCUT2D eigenvalue weighted by atomic mass is 16.6. The quantitative estimate of drug-likeness (QED) is 0.461. The van der Waals surface area contributed by atoms with Crippen molar-refractivity contribution in [1.29, 1.82) is 0 Å². The highest BCUT2D eigenvalue weighted by molar-refractivity contribution is 5.81. The van der Waals surface area contributed by atoms with E-state index >= 15 is 0 Å². The topological polar surface area (TPSA) is 90.6 Å². The van der Waals surface area contributed by atoms with E-state index in [0.29, 0.717) is 13.0 Å². The number of esters is 1. The molecule has 0 bridgehead atoms. The Morgan fingerprint density at radius 1 is 1.11 bits per heavy atom. The van der Waals surface area contributed by atoms with Crippen LogP contribution in [0.25, 0.3) is 11.1 Å². The van der Waals surface area contributed by atoms with Gasteiger partial charge in [0.2, 0.25) is 0 Å². The molecule has 0 spiro atoms. The monoisotopic (exact) mass is 382 g/mol. The van der Waals surface area contributed by atoms with Crippen molar-refractivity contribution in [3.05, 3.63) is 59.2 Å². The third-order valence-corrected chi connectivity index (χ3v) is 5.03. The summed E-state index contributed by atoms with van der Waals surface area (Å²) in [7, 11) is 1.30. The number of fused-ring (bicyclic) bond motifs is 3. The molecule has 0 fully saturated rings. The van der Waals surface area contributed by atoms with Crippen LogP contribution in [0.2, 0.25) is 0 Å². The largest absolute Gasteiger partial charge is 0.467 e. The molecule has 28 heavy (non-hydrogen) atoms. The second-order valence-electron chi connectivity index (χ2n) is 6.86. The number of hydrogen-bond acceptors (Lipinski definition) is 5. The molecule has 0 saturated heterocycles. The Morgan fingerprint density at radius 3 is 2.68 bits per heavy atom. The summed E-state index contributed by atoms with van der Waals surface area (Å²) >= 11 is 0. The summed E-state index contributed by atoms with van der Waals surface area (Å²) in [5.74, 6) is -0.481. The fourth-order valence-corrected chi connectivity index (χ4v) is 3.57. The summed E-state index contributed by atoms with van der Waals surface area (Å²) in [5.41, 5.74) is 11.3. The number of methoxy groups -OCH3 is 1. The van der Waals surface area contributed by atoms with E-state index in [1.807, 2.05) is 24.3 Å². The van der Waals surface area contributed by atoms with Gasteiger partial charge in [0.25, 0.3) is 0 Å². The molecular weight excluding hydrogens is 356 g/mol. The van der Waals surface area contributed by atoms with Gasteiger partial charge in [-0.05, 0) is 60.0 Å². The lowest BCUT2D eigenvalue weighted by Crippen LogP contribution is -2.41. The van der Waals surface area contributed by atoms with Gasteiger partial charge >= 0.3 is 12.1 Å². The number of unbranched alkanes of at least 4 members (excludes halogenated alkanes) is 1. The Labute approximate surface area is 165 Å². The fraction of sp³-hybridized carbons (Fsp3) is 0.364. The highest BCUT2D eigenvalue weighted by Crippen LogP contribution is 2.38. The summed E-state index contributed by atoms with van der Waals surface area (Å²) in [6.07, 6.45) is 2.17. The lowest BCUT2D eigenvalue weighted by atomic mass is 10.0. The average molecular weight is 382 g/mol. The molecule has 0 heterocycles. The zero-order valence-corrected chi connectivity index (χ0v) is 16.1. The SMILES string of the molecule is COC(=O)C(CCCCN)NC(=O)OCc1cccc2c1Cc1ccccc1-2. The van der Waals surface area contributed by atoms with Gasteiger partial charge in [0.15, 0.2) is 0 Å². The lowest BCUT2D eigenvalue weighted by Gasteiger charge is -2.16. The predicted octanol–water partition coefficient (Wildman–Crippen LogP) is 3.15. The summed E-state index contributed by atoms with van der Waals surface area (Å²) < 4.78 is 10.2. The first-order valence-electron chi connectivity index (χ1n) is 9.54. The minimum atomic E-state index is -0.727. The van der Waals surface area contributed by atoms with Crippen LogP contribution in [0, 0.1) is 0 Å². The van der Waals surface area contributed by atoms with Gasteiger partial charge in [0.1, 0.15) is 12.6 Å². The molecular formula is C22H26N2O4. The number of alkyl carbamates (subject to hydrolysis) is 1. The Morgan fingerprint density at radius 2 is 1.89 bits per heavy atom. The highest BCUT2D eigenvalue weighted by Gasteiger charge is 2.23. The molecule has 1 atom stereocenters. The van der Waals surface area contributed by atoms with Gasteiger partial charge in [-0.25, -0.2) is 9.59 Å². The molecule has 3 N–H and O–H groups in total. The summed E-state index contributed by atoms with van der Waals surface area (Å²) in [6, 6.07) is 13.6. The lowest BCUT2D eigenvalue weighted by molar-refractivity contribution is -0.143. The Balaban J connectivity index is 1.61. The third-order valence-electron chi connectivity index (χ3n) is 5.03. The molecule has 1 amide bonds. The van der Waals surface area contributed by atoms with Gasteiger partial charge in [-0.2, -0.15) is 0 Å². The molecule has 0 aromatic heterocycles. The molecule has 2 aromatic rings. The second kappa shape index (κ2) is 9.37. The van der Waals surface area contributed by atoms with Crippen LogP contribution in [-0.4, -0.2) is 31.8 Å². The minimum absolute atomic E-state index is 0.152. The molecule has 1 unspecified atom stereocenters. The normalized spacial score (nSPS) is 12.6. The van der Waals surface area contributed by atoms with Crippen molar-refractivity contribution in [3.63, 3.8) is 0 Å². The first-order chi connectivity index (χ1) is 13.6. The van der Waals surface area contributed by atoms with Crippen LogP contribution in [0.15, 0.2) is 42.5 Å². The van der Waals surface area contributed by atoms with E-state index in [9.17, 15) is 9.59 Å². The summed E-state index contributed by atoms with van der Waals surface area (Å²) in [5, 5.41) is 2.61. The van der Waals surface area contributed by atoms with Gasteiger partial charge in [-0.3, -0.25) is 0 Å². The van der Waals surface area contributed by atoms with E-state index in [4.69, 9.17) is 15.2 Å². The number of amides is 1. The molecule has 0 saturated carbocycles. The number of ether oxygens (including phenoxy) is 2. The summed E-state index contributed by atoms with van der Waals surface area (Å²) in [4.78, 5) is 24.1. The van der Waals surface area contributed by atoms with E-state index in [-0.39, 0.29) is 6.61 Å². The van der Waals surface area contributed by atoms with Crippen LogP contribution in [0.3, 0.4) is 0 Å². The van der Waals surface area contributed by atoms with Crippen molar-refractivity contribution in [2.75, 3.05) is 13.7 Å². The molecule has 1 aliphatic carbocycles. The number of benzene rings is 2. The standard InChI is InChI=1S/C22H26N2O4/c1-27-21(25)20(11-4-5-12-23)24-22(26)28-14-16-8-6-10-18-17-9-3-2-7-15(17)13-19(16)18/h2-3,6-10,20H,4-5,11-14,23H2,1H3,(H,24,26). The van der Waals surface area contributed by atoms with Crippen molar-refractivity contribution in [3.8, 4) is 11.1 Å². The van der Waals surface area contributed by atoms with Crippen LogP contribution in [0.4, 0.5) is 4.79 Å². The Hall–Kier alpha value is -2.86. The zero-order chi connectivity index (χ0) is 19.9. The van der Waals surface area contributed by atoms with Crippen molar-refractivity contribution in [1.82, 2.24) is 5.32 Å². The van der Waals surface area contributed by atoms with E-state index < -0.39 is 18.1 Å². The number of hydrogen-bond donors (Lipinski definition) is 2. The number of carbonyl (C=O) groups is 2. The Kier molecular flexibility index (Phi) is 6.66. The molecule has 0 radical (unpaired) electrons. The Bertz CT molecular complexity index is 850. The fourth-order valence-electron chi connectivity index (χ4n) is 3.57. The smallest absolute Gasteiger partial charge is 0.408 e. The van der Waals surface area contributed by atoms with E-state index in [0.717, 1.165) is 24.8 Å². The van der Waals surface area contributed by atoms with Gasteiger partial charge in [0.05, 0.1) is 7.11 Å². The number of nitrogens with two attached hydrogens (primary N) is 1. The first-order valence-corrected chi connectivity index (χ1v) is 9.54. The zero-order valence-electron chi connectivity index (χ0n) is 16.1. The van der Waals surface area contributed by atoms with Crippen LogP contribution in [-0.2, 0) is 27.3 Å². The molecule has 148 valence electrons. The first kappa shape index (κ1) is 19.9. The van der Waals surface area contributed by atoms with Gasteiger partial charge in [-0.1, -0.05) is 42.5 Å². The molecule has 0 aliphatic heterocycles. The molecule has 6 nitrogen and oxygen atoms in total. The van der Waals surface area contributed by atoms with Crippen LogP contribution in [0.1, 0.15) is 36.0 Å². The van der Waals surface area contributed by atoms with Crippen LogP contribution >= 0.6 is 0 Å². The number of nitrogens with one attached hydrogen (secondary N) is 1. The molecule has 2 aromatic carbocycles. The third kappa shape index (κ3) is 4.51. The maximum absolute atomic E-state index is 12.2. The van der Waals surface area contributed by atoms with E-state index in [2.05, 4.69) is 23.5 Å². The van der Waals surface area contributed by atoms with Gasteiger partial charge in [0, 0.05) is 0 Å². The maximum atomic E-state index is 12.2. The number of rotatable bonds is 8.